The maximum atomic E-state index is 12.2. The smallest absolute Gasteiger partial charge is 0.307 e. The number of cyclic esters (lactones) is 1. The van der Waals surface area contributed by atoms with Gasteiger partial charge in [0.15, 0.2) is 0 Å². The summed E-state index contributed by atoms with van der Waals surface area (Å²) in [6, 6.07) is 0. The Balaban J connectivity index is 2.25. The van der Waals surface area contributed by atoms with E-state index in [0.717, 1.165) is 0 Å². The molecule has 0 aromatic heterocycles. The highest BCUT2D eigenvalue weighted by atomic mass is 16.6. The predicted molar refractivity (Wildman–Crippen MR) is 70.1 cm³/mol. The third-order valence-corrected chi connectivity index (χ3v) is 6.21. The van der Waals surface area contributed by atoms with E-state index in [1.54, 1.807) is 13.8 Å². The van der Waals surface area contributed by atoms with E-state index in [9.17, 15) is 19.5 Å². The van der Waals surface area contributed by atoms with Gasteiger partial charge in [-0.05, 0) is 33.6 Å². The molecule has 1 N–H and O–H groups in total. The van der Waals surface area contributed by atoms with Gasteiger partial charge in [-0.25, -0.2) is 0 Å². The molecule has 116 valence electrons. The monoisotopic (exact) mass is 296 g/mol. The number of ether oxygens (including phenoxy) is 2. The van der Waals surface area contributed by atoms with E-state index in [1.807, 2.05) is 0 Å². The Bertz CT molecular complexity index is 556. The number of hydrogen-bond donors (Lipinski definition) is 1. The molecule has 6 nitrogen and oxygen atoms in total. The minimum atomic E-state index is -1.49. The predicted octanol–water partition coefficient (Wildman–Crippen LogP) is 0.746. The highest BCUT2D eigenvalue weighted by molar-refractivity contribution is 5.87. The maximum absolute atomic E-state index is 12.2. The van der Waals surface area contributed by atoms with Crippen LogP contribution in [-0.2, 0) is 23.9 Å². The van der Waals surface area contributed by atoms with E-state index < -0.39 is 34.0 Å². The minimum Gasteiger partial charge on any atom is -0.464 e. The van der Waals surface area contributed by atoms with Gasteiger partial charge >= 0.3 is 11.9 Å². The summed E-state index contributed by atoms with van der Waals surface area (Å²) in [7, 11) is 0. The fourth-order valence-electron chi connectivity index (χ4n) is 4.59. The topological polar surface area (TPSA) is 89.9 Å². The van der Waals surface area contributed by atoms with E-state index in [0.29, 0.717) is 12.8 Å². The Labute approximate surface area is 122 Å². The molecule has 3 aliphatic rings. The van der Waals surface area contributed by atoms with Crippen LogP contribution in [0, 0.1) is 10.8 Å². The van der Waals surface area contributed by atoms with Gasteiger partial charge in [0.2, 0.25) is 0 Å². The van der Waals surface area contributed by atoms with Crippen molar-refractivity contribution in [3.63, 3.8) is 0 Å². The standard InChI is InChI=1S/C15H20O6/c1-9(16)12(2)8-20-10(17)6-14-7-11(18)21-13(14,3)4-5-15(12,14)19/h19H,4-8H2,1-3H3/t12-,13-,14-,15-/m0/s1. The highest BCUT2D eigenvalue weighted by Crippen LogP contribution is 2.68. The summed E-state index contributed by atoms with van der Waals surface area (Å²) >= 11 is 0. The lowest BCUT2D eigenvalue weighted by Crippen LogP contribution is -2.62. The maximum Gasteiger partial charge on any atom is 0.307 e. The molecule has 0 aromatic carbocycles. The number of carbonyl (C=O) groups excluding carboxylic acids is 3. The van der Waals surface area contributed by atoms with Gasteiger partial charge in [-0.3, -0.25) is 14.4 Å². The second-order valence-electron chi connectivity index (χ2n) is 7.05. The molecule has 0 amide bonds. The number of aliphatic hydroxyl groups is 1. The van der Waals surface area contributed by atoms with Crippen molar-refractivity contribution in [2.75, 3.05) is 6.61 Å². The van der Waals surface area contributed by atoms with Crippen molar-refractivity contribution in [3.8, 4) is 0 Å². The fraction of sp³-hybridized carbons (Fsp3) is 0.800. The number of rotatable bonds is 1. The molecule has 0 aromatic rings. The average molecular weight is 296 g/mol. The Morgan fingerprint density at radius 2 is 1.76 bits per heavy atom. The second kappa shape index (κ2) is 3.85. The van der Waals surface area contributed by atoms with Crippen LogP contribution in [0.3, 0.4) is 0 Å². The Kier molecular flexibility index (Phi) is 2.66. The van der Waals surface area contributed by atoms with Crippen molar-refractivity contribution < 1.29 is 29.0 Å². The lowest BCUT2D eigenvalue weighted by molar-refractivity contribution is -0.182. The first kappa shape index (κ1) is 14.5. The first-order valence-corrected chi connectivity index (χ1v) is 7.21. The van der Waals surface area contributed by atoms with Crippen LogP contribution in [0.25, 0.3) is 0 Å². The molecule has 3 fully saturated rings. The molecule has 1 aliphatic carbocycles. The molecule has 0 unspecified atom stereocenters. The number of Topliss-reactive ketones (excluding diaryl/α,β-unsaturated/α-hetero) is 1. The third kappa shape index (κ3) is 1.44. The van der Waals surface area contributed by atoms with Crippen LogP contribution in [0.15, 0.2) is 0 Å². The number of esters is 2. The van der Waals surface area contributed by atoms with Crippen LogP contribution in [0.5, 0.6) is 0 Å². The van der Waals surface area contributed by atoms with Crippen LogP contribution in [0.2, 0.25) is 0 Å². The Hall–Kier alpha value is -1.43. The molecule has 21 heavy (non-hydrogen) atoms. The fourth-order valence-corrected chi connectivity index (χ4v) is 4.59. The van der Waals surface area contributed by atoms with Gasteiger partial charge in [-0.2, -0.15) is 0 Å². The van der Waals surface area contributed by atoms with Crippen molar-refractivity contribution in [1.82, 2.24) is 0 Å². The molecule has 1 saturated carbocycles. The summed E-state index contributed by atoms with van der Waals surface area (Å²) in [5, 5.41) is 11.5. The SMILES string of the molecule is CC(=O)[C@]1(C)COC(=O)C[C@]23CC(=O)O[C@@]2(C)CC[C@@]31O. The zero-order valence-corrected chi connectivity index (χ0v) is 12.5. The van der Waals surface area contributed by atoms with Crippen LogP contribution in [0.4, 0.5) is 0 Å². The summed E-state index contributed by atoms with van der Waals surface area (Å²) in [5.41, 5.74) is -4.74. The van der Waals surface area contributed by atoms with Crippen molar-refractivity contribution >= 4 is 17.7 Å². The minimum absolute atomic E-state index is 0.0576. The van der Waals surface area contributed by atoms with E-state index in [4.69, 9.17) is 9.47 Å². The average Bonchev–Trinajstić information content (AvgIpc) is 2.71. The Morgan fingerprint density at radius 3 is 2.38 bits per heavy atom. The molecule has 0 radical (unpaired) electrons. The third-order valence-electron chi connectivity index (χ3n) is 6.21. The van der Waals surface area contributed by atoms with Crippen molar-refractivity contribution in [3.05, 3.63) is 0 Å². The molecule has 6 heteroatoms. The molecule has 0 bridgehead atoms. The van der Waals surface area contributed by atoms with Gasteiger partial charge in [0, 0.05) is 0 Å². The second-order valence-corrected chi connectivity index (χ2v) is 7.05. The first-order chi connectivity index (χ1) is 9.60. The molecule has 3 rings (SSSR count). The highest BCUT2D eigenvalue weighted by Gasteiger charge is 2.78. The summed E-state index contributed by atoms with van der Waals surface area (Å²) in [6.07, 6.45) is 0.585. The van der Waals surface area contributed by atoms with Crippen molar-refractivity contribution in [2.24, 2.45) is 10.8 Å². The van der Waals surface area contributed by atoms with Crippen molar-refractivity contribution in [2.45, 2.75) is 57.7 Å². The van der Waals surface area contributed by atoms with E-state index in [-0.39, 0.29) is 25.2 Å². The largest absolute Gasteiger partial charge is 0.464 e. The molecule has 2 aliphatic heterocycles. The normalized spacial score (nSPS) is 49.0. The van der Waals surface area contributed by atoms with Crippen molar-refractivity contribution in [1.29, 1.82) is 0 Å². The lowest BCUT2D eigenvalue weighted by Gasteiger charge is -2.49. The molecule has 2 saturated heterocycles. The van der Waals surface area contributed by atoms with Gasteiger partial charge in [-0.15, -0.1) is 0 Å². The molecule has 1 spiro atoms. The van der Waals surface area contributed by atoms with Gasteiger partial charge < -0.3 is 14.6 Å². The summed E-state index contributed by atoms with van der Waals surface area (Å²) < 4.78 is 10.6. The summed E-state index contributed by atoms with van der Waals surface area (Å²) in [5.74, 6) is -1.18. The van der Waals surface area contributed by atoms with E-state index >= 15 is 0 Å². The lowest BCUT2D eigenvalue weighted by atomic mass is 9.55. The molecule has 2 heterocycles. The molecular weight excluding hydrogens is 276 g/mol. The van der Waals surface area contributed by atoms with Gasteiger partial charge in [-0.1, -0.05) is 0 Å². The quantitative estimate of drug-likeness (QED) is 0.718. The Morgan fingerprint density at radius 1 is 1.14 bits per heavy atom. The van der Waals surface area contributed by atoms with E-state index in [2.05, 4.69) is 0 Å². The number of ketones is 1. The first-order valence-electron chi connectivity index (χ1n) is 7.21. The number of carbonyl (C=O) groups is 3. The van der Waals surface area contributed by atoms with Crippen LogP contribution >= 0.6 is 0 Å². The van der Waals surface area contributed by atoms with E-state index in [1.165, 1.54) is 6.92 Å². The zero-order valence-electron chi connectivity index (χ0n) is 12.5. The van der Waals surface area contributed by atoms with Gasteiger partial charge in [0.1, 0.15) is 18.0 Å². The summed E-state index contributed by atoms with van der Waals surface area (Å²) in [4.78, 5) is 36.2. The molecular formula is C15H20O6. The van der Waals surface area contributed by atoms with Crippen LogP contribution in [0.1, 0.15) is 46.5 Å². The molecule has 4 atom stereocenters. The van der Waals surface area contributed by atoms with Gasteiger partial charge in [0.05, 0.1) is 29.3 Å². The van der Waals surface area contributed by atoms with Gasteiger partial charge in [0.25, 0.3) is 0 Å². The number of hydrogen-bond acceptors (Lipinski definition) is 6. The van der Waals surface area contributed by atoms with Crippen LogP contribution < -0.4 is 0 Å². The van der Waals surface area contributed by atoms with Crippen LogP contribution in [-0.4, -0.2) is 40.6 Å². The summed E-state index contributed by atoms with van der Waals surface area (Å²) in [6.45, 7) is 4.58. The zero-order chi connectivity index (χ0) is 15.7.